The van der Waals surface area contributed by atoms with Gasteiger partial charge in [-0.3, -0.25) is 4.98 Å². The Morgan fingerprint density at radius 1 is 1.22 bits per heavy atom. The molecule has 0 radical (unpaired) electrons. The molecule has 0 fully saturated rings. The first-order valence-corrected chi connectivity index (χ1v) is 5.76. The van der Waals surface area contributed by atoms with Gasteiger partial charge in [-0.05, 0) is 6.42 Å². The molecule has 0 aliphatic rings. The molecule has 0 aromatic carbocycles. The lowest BCUT2D eigenvalue weighted by atomic mass is 10.3. The van der Waals surface area contributed by atoms with E-state index in [2.05, 4.69) is 32.2 Å². The Bertz CT molecular complexity index is 517. The molecule has 0 bridgehead atoms. The van der Waals surface area contributed by atoms with Crippen molar-refractivity contribution < 1.29 is 4.74 Å². The molecule has 2 heterocycles. The van der Waals surface area contributed by atoms with E-state index < -0.39 is 0 Å². The summed E-state index contributed by atoms with van der Waals surface area (Å²) < 4.78 is 5.16. The summed E-state index contributed by atoms with van der Waals surface area (Å²) in [5.41, 5.74) is 1.23. The monoisotopic (exact) mass is 245 g/mol. The standard InChI is InChI=1S/C12H15N5O/c1-3-4-14-10-8-13-7-9(17-10)11-12(18-2)16-6-5-15-11/h5-8H,3-4H2,1-2H3,(H,14,17). The van der Waals surface area contributed by atoms with E-state index in [9.17, 15) is 0 Å². The number of aromatic nitrogens is 4. The predicted molar refractivity (Wildman–Crippen MR) is 68.4 cm³/mol. The van der Waals surface area contributed by atoms with E-state index in [1.165, 1.54) is 0 Å². The maximum absolute atomic E-state index is 5.16. The van der Waals surface area contributed by atoms with Gasteiger partial charge < -0.3 is 10.1 Å². The maximum atomic E-state index is 5.16. The molecule has 0 saturated carbocycles. The average molecular weight is 245 g/mol. The number of methoxy groups -OCH3 is 1. The molecule has 0 atom stereocenters. The number of hydrogen-bond acceptors (Lipinski definition) is 6. The Balaban J connectivity index is 2.32. The van der Waals surface area contributed by atoms with Crippen LogP contribution in [0.3, 0.4) is 0 Å². The summed E-state index contributed by atoms with van der Waals surface area (Å²) in [6.07, 6.45) is 7.53. The molecule has 0 aliphatic carbocycles. The van der Waals surface area contributed by atoms with E-state index >= 15 is 0 Å². The summed E-state index contributed by atoms with van der Waals surface area (Å²) in [6.45, 7) is 2.95. The Morgan fingerprint density at radius 3 is 2.83 bits per heavy atom. The lowest BCUT2D eigenvalue weighted by molar-refractivity contribution is 0.397. The minimum Gasteiger partial charge on any atom is -0.479 e. The van der Waals surface area contributed by atoms with Crippen molar-refractivity contribution in [1.29, 1.82) is 0 Å². The molecular weight excluding hydrogens is 230 g/mol. The van der Waals surface area contributed by atoms with Gasteiger partial charge in [-0.25, -0.2) is 15.0 Å². The fourth-order valence-electron chi connectivity index (χ4n) is 1.47. The molecule has 6 nitrogen and oxygen atoms in total. The second-order valence-electron chi connectivity index (χ2n) is 3.63. The second-order valence-corrected chi connectivity index (χ2v) is 3.63. The smallest absolute Gasteiger partial charge is 0.242 e. The van der Waals surface area contributed by atoms with Crippen molar-refractivity contribution in [1.82, 2.24) is 19.9 Å². The van der Waals surface area contributed by atoms with E-state index in [0.29, 0.717) is 17.3 Å². The minimum atomic E-state index is 0.444. The van der Waals surface area contributed by atoms with Gasteiger partial charge in [0.15, 0.2) is 5.69 Å². The van der Waals surface area contributed by atoms with Gasteiger partial charge in [0.05, 0.1) is 19.5 Å². The van der Waals surface area contributed by atoms with Crippen molar-refractivity contribution in [2.75, 3.05) is 19.0 Å². The zero-order valence-corrected chi connectivity index (χ0v) is 10.4. The molecule has 0 spiro atoms. The quantitative estimate of drug-likeness (QED) is 0.865. The highest BCUT2D eigenvalue weighted by Gasteiger charge is 2.10. The van der Waals surface area contributed by atoms with Crippen LogP contribution in [0.2, 0.25) is 0 Å². The van der Waals surface area contributed by atoms with Crippen LogP contribution in [0.5, 0.6) is 5.88 Å². The summed E-state index contributed by atoms with van der Waals surface area (Å²) in [7, 11) is 1.56. The molecule has 2 aromatic heterocycles. The lowest BCUT2D eigenvalue weighted by Gasteiger charge is -2.07. The van der Waals surface area contributed by atoms with E-state index in [1.807, 2.05) is 0 Å². The number of nitrogens with one attached hydrogen (secondary N) is 1. The molecule has 6 heteroatoms. The maximum Gasteiger partial charge on any atom is 0.242 e. The number of nitrogens with zero attached hydrogens (tertiary/aromatic N) is 4. The van der Waals surface area contributed by atoms with Gasteiger partial charge in [0.1, 0.15) is 11.5 Å². The van der Waals surface area contributed by atoms with Gasteiger partial charge in [-0.2, -0.15) is 0 Å². The first-order chi connectivity index (χ1) is 8.85. The first kappa shape index (κ1) is 12.2. The highest BCUT2D eigenvalue weighted by atomic mass is 16.5. The number of anilines is 1. The lowest BCUT2D eigenvalue weighted by Crippen LogP contribution is -2.04. The van der Waals surface area contributed by atoms with E-state index in [1.54, 1.807) is 31.9 Å². The summed E-state index contributed by atoms with van der Waals surface area (Å²) in [4.78, 5) is 16.9. The number of hydrogen-bond donors (Lipinski definition) is 1. The number of rotatable bonds is 5. The van der Waals surface area contributed by atoms with Gasteiger partial charge in [-0.1, -0.05) is 6.92 Å². The van der Waals surface area contributed by atoms with E-state index in [0.717, 1.165) is 18.8 Å². The van der Waals surface area contributed by atoms with Crippen molar-refractivity contribution in [2.45, 2.75) is 13.3 Å². The van der Waals surface area contributed by atoms with Crippen molar-refractivity contribution in [3.05, 3.63) is 24.8 Å². The topological polar surface area (TPSA) is 72.8 Å². The van der Waals surface area contributed by atoms with Crippen LogP contribution in [0, 0.1) is 0 Å². The summed E-state index contributed by atoms with van der Waals surface area (Å²) in [5, 5.41) is 3.18. The zero-order chi connectivity index (χ0) is 12.8. The molecule has 0 saturated heterocycles. The predicted octanol–water partition coefficient (Wildman–Crippen LogP) is 1.76. The normalized spacial score (nSPS) is 10.1. The molecule has 18 heavy (non-hydrogen) atoms. The van der Waals surface area contributed by atoms with Gasteiger partial charge in [0.25, 0.3) is 0 Å². The van der Waals surface area contributed by atoms with Gasteiger partial charge >= 0.3 is 0 Å². The van der Waals surface area contributed by atoms with Crippen molar-refractivity contribution in [2.24, 2.45) is 0 Å². The largest absolute Gasteiger partial charge is 0.479 e. The Hall–Kier alpha value is -2.24. The van der Waals surface area contributed by atoms with Gasteiger partial charge in [-0.15, -0.1) is 0 Å². The van der Waals surface area contributed by atoms with Gasteiger partial charge in [0.2, 0.25) is 5.88 Å². The Kier molecular flexibility index (Phi) is 4.01. The molecule has 2 aromatic rings. The second kappa shape index (κ2) is 5.90. The van der Waals surface area contributed by atoms with Crippen molar-refractivity contribution in [3.63, 3.8) is 0 Å². The first-order valence-electron chi connectivity index (χ1n) is 5.76. The van der Waals surface area contributed by atoms with Crippen molar-refractivity contribution >= 4 is 5.82 Å². The van der Waals surface area contributed by atoms with Crippen LogP contribution in [0.4, 0.5) is 5.82 Å². The highest BCUT2D eigenvalue weighted by molar-refractivity contribution is 5.60. The third-order valence-electron chi connectivity index (χ3n) is 2.29. The summed E-state index contributed by atoms with van der Waals surface area (Å²) in [5.74, 6) is 1.17. The van der Waals surface area contributed by atoms with Gasteiger partial charge in [0, 0.05) is 18.9 Å². The van der Waals surface area contributed by atoms with Crippen LogP contribution in [0.1, 0.15) is 13.3 Å². The third kappa shape index (κ3) is 2.71. The fourth-order valence-corrected chi connectivity index (χ4v) is 1.47. The fraction of sp³-hybridized carbons (Fsp3) is 0.333. The van der Waals surface area contributed by atoms with E-state index in [-0.39, 0.29) is 0 Å². The van der Waals surface area contributed by atoms with Crippen LogP contribution >= 0.6 is 0 Å². The highest BCUT2D eigenvalue weighted by Crippen LogP contribution is 2.23. The Morgan fingerprint density at radius 2 is 2.06 bits per heavy atom. The van der Waals surface area contributed by atoms with Crippen LogP contribution < -0.4 is 10.1 Å². The molecule has 0 aliphatic heterocycles. The molecule has 0 amide bonds. The minimum absolute atomic E-state index is 0.444. The average Bonchev–Trinajstić information content (AvgIpc) is 2.45. The van der Waals surface area contributed by atoms with Crippen molar-refractivity contribution in [3.8, 4) is 17.3 Å². The molecule has 1 N–H and O–H groups in total. The molecule has 2 rings (SSSR count). The SMILES string of the molecule is CCCNc1cncc(-c2nccnc2OC)n1. The number of ether oxygens (including phenoxy) is 1. The molecular formula is C12H15N5O. The van der Waals surface area contributed by atoms with Crippen LogP contribution in [0.25, 0.3) is 11.4 Å². The van der Waals surface area contributed by atoms with Crippen LogP contribution in [-0.2, 0) is 0 Å². The third-order valence-corrected chi connectivity index (χ3v) is 2.29. The molecule has 94 valence electrons. The molecule has 0 unspecified atom stereocenters. The zero-order valence-electron chi connectivity index (χ0n) is 10.4. The van der Waals surface area contributed by atoms with E-state index in [4.69, 9.17) is 4.74 Å². The van der Waals surface area contributed by atoms with Crippen LogP contribution in [-0.4, -0.2) is 33.6 Å². The Labute approximate surface area is 105 Å². The van der Waals surface area contributed by atoms with Crippen LogP contribution in [0.15, 0.2) is 24.8 Å². The summed E-state index contributed by atoms with van der Waals surface area (Å²) in [6, 6.07) is 0. The summed E-state index contributed by atoms with van der Waals surface area (Å²) >= 11 is 0.